The lowest BCUT2D eigenvalue weighted by atomic mass is 10.0. The fourth-order valence-electron chi connectivity index (χ4n) is 1.58. The van der Waals surface area contributed by atoms with Gasteiger partial charge in [0.2, 0.25) is 0 Å². The molecule has 0 aromatic heterocycles. The fourth-order valence-corrected chi connectivity index (χ4v) is 1.58. The van der Waals surface area contributed by atoms with Crippen molar-refractivity contribution in [3.63, 3.8) is 0 Å². The van der Waals surface area contributed by atoms with Gasteiger partial charge in [0, 0.05) is 5.56 Å². The standard InChI is InChI=1S/C11H8N2/c1-2-6-9-8(4-1)5-3-7-10(9)11-12-13-11/h1-7H,(H,12,13). The highest BCUT2D eigenvalue weighted by molar-refractivity contribution is 6.14. The molecular weight excluding hydrogens is 160 g/mol. The zero-order valence-corrected chi connectivity index (χ0v) is 6.99. The molecule has 0 unspecified atom stereocenters. The van der Waals surface area contributed by atoms with E-state index in [2.05, 4.69) is 46.9 Å². The molecule has 1 heterocycles. The molecule has 2 nitrogen and oxygen atoms in total. The fraction of sp³-hybridized carbons (Fsp3) is 0. The van der Waals surface area contributed by atoms with E-state index in [4.69, 9.17) is 0 Å². The minimum atomic E-state index is 0.997. The van der Waals surface area contributed by atoms with E-state index in [-0.39, 0.29) is 0 Å². The molecule has 0 atom stereocenters. The molecule has 0 fully saturated rings. The highest BCUT2D eigenvalue weighted by atomic mass is 15.5. The largest absolute Gasteiger partial charge is 0.257 e. The van der Waals surface area contributed by atoms with E-state index in [9.17, 15) is 0 Å². The average molecular weight is 168 g/mol. The smallest absolute Gasteiger partial charge is 0.174 e. The quantitative estimate of drug-likeness (QED) is 0.695. The summed E-state index contributed by atoms with van der Waals surface area (Å²) in [4.78, 5) is 0. The van der Waals surface area contributed by atoms with Crippen molar-refractivity contribution in [1.29, 1.82) is 0 Å². The third-order valence-electron chi connectivity index (χ3n) is 2.27. The van der Waals surface area contributed by atoms with Crippen molar-refractivity contribution in [2.24, 2.45) is 5.10 Å². The van der Waals surface area contributed by atoms with Crippen LogP contribution < -0.4 is 5.43 Å². The maximum Gasteiger partial charge on any atom is 0.174 e. The first-order valence-corrected chi connectivity index (χ1v) is 4.27. The van der Waals surface area contributed by atoms with Crippen molar-refractivity contribution in [2.45, 2.75) is 0 Å². The summed E-state index contributed by atoms with van der Waals surface area (Å²) in [6.07, 6.45) is 0. The average Bonchev–Trinajstić information content (AvgIpc) is 3.00. The molecular formula is C11H8N2. The van der Waals surface area contributed by atoms with Crippen molar-refractivity contribution < 1.29 is 0 Å². The molecule has 0 aliphatic carbocycles. The van der Waals surface area contributed by atoms with Crippen LogP contribution in [-0.4, -0.2) is 5.84 Å². The zero-order valence-electron chi connectivity index (χ0n) is 6.99. The van der Waals surface area contributed by atoms with Gasteiger partial charge in [-0.05, 0) is 10.8 Å². The van der Waals surface area contributed by atoms with Crippen molar-refractivity contribution in [1.82, 2.24) is 5.43 Å². The molecule has 1 aliphatic heterocycles. The summed E-state index contributed by atoms with van der Waals surface area (Å²) in [5.41, 5.74) is 4.08. The Morgan fingerprint density at radius 1 is 0.923 bits per heavy atom. The molecule has 1 aliphatic rings. The Morgan fingerprint density at radius 3 is 2.54 bits per heavy atom. The van der Waals surface area contributed by atoms with E-state index in [1.165, 1.54) is 16.3 Å². The number of hydrogen-bond donors (Lipinski definition) is 1. The van der Waals surface area contributed by atoms with Gasteiger partial charge in [0.05, 0.1) is 0 Å². The van der Waals surface area contributed by atoms with Crippen molar-refractivity contribution in [2.75, 3.05) is 0 Å². The maximum atomic E-state index is 3.99. The van der Waals surface area contributed by atoms with Crippen molar-refractivity contribution in [3.8, 4) is 0 Å². The van der Waals surface area contributed by atoms with Gasteiger partial charge in [-0.2, -0.15) is 5.10 Å². The Hall–Kier alpha value is -1.83. The minimum absolute atomic E-state index is 0.997. The number of hydrogen-bond acceptors (Lipinski definition) is 2. The topological polar surface area (TPSA) is 34.3 Å². The van der Waals surface area contributed by atoms with Crippen molar-refractivity contribution >= 4 is 16.6 Å². The summed E-state index contributed by atoms with van der Waals surface area (Å²) in [6, 6.07) is 14.6. The van der Waals surface area contributed by atoms with E-state index in [1.54, 1.807) is 0 Å². The second-order valence-corrected chi connectivity index (χ2v) is 3.10. The van der Waals surface area contributed by atoms with Crippen LogP contribution >= 0.6 is 0 Å². The highest BCUT2D eigenvalue weighted by Crippen LogP contribution is 2.20. The summed E-state index contributed by atoms with van der Waals surface area (Å²) < 4.78 is 0. The third-order valence-corrected chi connectivity index (χ3v) is 2.27. The van der Waals surface area contributed by atoms with Crippen LogP contribution in [0, 0.1) is 0 Å². The molecule has 2 heteroatoms. The Bertz CT molecular complexity index is 495. The van der Waals surface area contributed by atoms with Crippen LogP contribution in [-0.2, 0) is 0 Å². The molecule has 1 N–H and O–H groups in total. The Labute approximate surface area is 75.9 Å². The molecule has 62 valence electrons. The lowest BCUT2D eigenvalue weighted by Gasteiger charge is -1.99. The normalized spacial score (nSPS) is 13.7. The van der Waals surface area contributed by atoms with Gasteiger partial charge >= 0.3 is 0 Å². The molecule has 0 bridgehead atoms. The van der Waals surface area contributed by atoms with Gasteiger partial charge in [-0.1, -0.05) is 42.5 Å². The molecule has 0 saturated carbocycles. The lowest BCUT2D eigenvalue weighted by molar-refractivity contribution is 1.26. The SMILES string of the molecule is c1ccc2c(C3=NN3)cccc2c1. The number of nitrogens with one attached hydrogen (secondary N) is 1. The second-order valence-electron chi connectivity index (χ2n) is 3.10. The monoisotopic (exact) mass is 168 g/mol. The van der Waals surface area contributed by atoms with Gasteiger partial charge < -0.3 is 0 Å². The number of amidine groups is 1. The highest BCUT2D eigenvalue weighted by Gasteiger charge is 2.14. The number of hydrazone groups is 1. The molecule has 0 saturated heterocycles. The van der Waals surface area contributed by atoms with Crippen LogP contribution in [0.15, 0.2) is 47.6 Å². The minimum Gasteiger partial charge on any atom is -0.257 e. The van der Waals surface area contributed by atoms with Crippen LogP contribution in [0.5, 0.6) is 0 Å². The van der Waals surface area contributed by atoms with Gasteiger partial charge in [0.25, 0.3) is 0 Å². The van der Waals surface area contributed by atoms with Crippen LogP contribution in [0.4, 0.5) is 0 Å². The number of rotatable bonds is 1. The number of nitrogens with zero attached hydrogens (tertiary/aromatic N) is 1. The van der Waals surface area contributed by atoms with E-state index in [0.29, 0.717) is 0 Å². The third kappa shape index (κ3) is 0.991. The Morgan fingerprint density at radius 2 is 1.69 bits per heavy atom. The van der Waals surface area contributed by atoms with E-state index in [1.807, 2.05) is 6.07 Å². The van der Waals surface area contributed by atoms with Crippen LogP contribution in [0.2, 0.25) is 0 Å². The van der Waals surface area contributed by atoms with E-state index in [0.717, 1.165) is 5.84 Å². The van der Waals surface area contributed by atoms with Gasteiger partial charge in [-0.3, -0.25) is 5.43 Å². The Kier molecular flexibility index (Phi) is 1.19. The van der Waals surface area contributed by atoms with Gasteiger partial charge in [0.1, 0.15) is 0 Å². The first kappa shape index (κ1) is 6.66. The van der Waals surface area contributed by atoms with Crippen LogP contribution in [0.1, 0.15) is 5.56 Å². The lowest BCUT2D eigenvalue weighted by Crippen LogP contribution is -1.95. The first-order chi connectivity index (χ1) is 6.45. The molecule has 2 aromatic rings. The van der Waals surface area contributed by atoms with Gasteiger partial charge in [-0.25, -0.2) is 0 Å². The summed E-state index contributed by atoms with van der Waals surface area (Å²) in [5.74, 6) is 0.997. The molecule has 3 rings (SSSR count). The summed E-state index contributed by atoms with van der Waals surface area (Å²) in [7, 11) is 0. The maximum absolute atomic E-state index is 3.99. The molecule has 0 amide bonds. The summed E-state index contributed by atoms with van der Waals surface area (Å²) in [5, 5.41) is 6.51. The van der Waals surface area contributed by atoms with Gasteiger partial charge in [-0.15, -0.1) is 0 Å². The summed E-state index contributed by atoms with van der Waals surface area (Å²) in [6.45, 7) is 0. The first-order valence-electron chi connectivity index (χ1n) is 4.27. The van der Waals surface area contributed by atoms with Crippen LogP contribution in [0.3, 0.4) is 0 Å². The number of benzene rings is 2. The molecule has 2 aromatic carbocycles. The van der Waals surface area contributed by atoms with Crippen molar-refractivity contribution in [3.05, 3.63) is 48.0 Å². The zero-order chi connectivity index (χ0) is 8.67. The predicted octanol–water partition coefficient (Wildman–Crippen LogP) is 2.10. The number of fused-ring (bicyclic) bond motifs is 1. The van der Waals surface area contributed by atoms with Crippen LogP contribution in [0.25, 0.3) is 10.8 Å². The van der Waals surface area contributed by atoms with E-state index >= 15 is 0 Å². The molecule has 13 heavy (non-hydrogen) atoms. The van der Waals surface area contributed by atoms with Gasteiger partial charge in [0.15, 0.2) is 5.84 Å². The predicted molar refractivity (Wildman–Crippen MR) is 53.6 cm³/mol. The Balaban J connectivity index is 2.39. The second kappa shape index (κ2) is 2.33. The summed E-state index contributed by atoms with van der Waals surface area (Å²) >= 11 is 0. The molecule has 0 radical (unpaired) electrons. The van der Waals surface area contributed by atoms with E-state index < -0.39 is 0 Å². The molecule has 0 spiro atoms.